The lowest BCUT2D eigenvalue weighted by atomic mass is 9.85. The Morgan fingerprint density at radius 2 is 1.81 bits per heavy atom. The van der Waals surface area contributed by atoms with Gasteiger partial charge >= 0.3 is 5.97 Å². The first-order valence-electron chi connectivity index (χ1n) is 8.66. The number of benzene rings is 1. The number of amides is 2. The molecule has 2 amide bonds. The monoisotopic (exact) mass is 399 g/mol. The smallest absolute Gasteiger partial charge is 0.353 e. The molecule has 27 heavy (non-hydrogen) atoms. The third-order valence-electron chi connectivity index (χ3n) is 5.56. The lowest BCUT2D eigenvalue weighted by Crippen LogP contribution is -2.33. The summed E-state index contributed by atoms with van der Waals surface area (Å²) < 4.78 is 5.50. The first-order valence-corrected chi connectivity index (χ1v) is 9.92. The van der Waals surface area contributed by atoms with Gasteiger partial charge in [0.2, 0.25) is 11.8 Å². The van der Waals surface area contributed by atoms with Gasteiger partial charge in [0.15, 0.2) is 5.75 Å². The molecule has 4 atom stereocenters. The van der Waals surface area contributed by atoms with Gasteiger partial charge in [-0.1, -0.05) is 29.8 Å². The molecule has 5 rings (SSSR count). The molecular formula is C20H14ClNO4S. The minimum absolute atomic E-state index is 0.109. The van der Waals surface area contributed by atoms with Crippen LogP contribution in [0.15, 0.2) is 47.9 Å². The van der Waals surface area contributed by atoms with Crippen molar-refractivity contribution in [1.82, 2.24) is 0 Å². The van der Waals surface area contributed by atoms with Crippen LogP contribution in [0.2, 0.25) is 5.02 Å². The van der Waals surface area contributed by atoms with Crippen LogP contribution in [0.3, 0.4) is 0 Å². The number of carbonyl (C=O) groups is 3. The van der Waals surface area contributed by atoms with E-state index in [-0.39, 0.29) is 46.9 Å². The van der Waals surface area contributed by atoms with Crippen LogP contribution in [-0.4, -0.2) is 17.8 Å². The molecule has 0 radical (unpaired) electrons. The summed E-state index contributed by atoms with van der Waals surface area (Å²) in [4.78, 5) is 40.1. The molecule has 0 spiro atoms. The van der Waals surface area contributed by atoms with Crippen LogP contribution in [0, 0.1) is 23.7 Å². The third kappa shape index (κ3) is 2.47. The van der Waals surface area contributed by atoms with Crippen molar-refractivity contribution in [2.24, 2.45) is 23.7 Å². The number of nitrogens with zero attached hydrogens (tertiary/aromatic N) is 1. The quantitative estimate of drug-likeness (QED) is 0.339. The van der Waals surface area contributed by atoms with Gasteiger partial charge in [-0.3, -0.25) is 9.59 Å². The fourth-order valence-electron chi connectivity index (χ4n) is 4.44. The van der Waals surface area contributed by atoms with Gasteiger partial charge in [-0.25, -0.2) is 9.69 Å². The van der Waals surface area contributed by atoms with E-state index >= 15 is 0 Å². The molecule has 1 aromatic heterocycles. The number of esters is 1. The molecular weight excluding hydrogens is 386 g/mol. The summed E-state index contributed by atoms with van der Waals surface area (Å²) in [5.41, 5.74) is 0.233. The van der Waals surface area contributed by atoms with Crippen LogP contribution in [0.5, 0.6) is 5.75 Å². The molecule has 0 unspecified atom stereocenters. The van der Waals surface area contributed by atoms with Crippen LogP contribution in [0.25, 0.3) is 0 Å². The van der Waals surface area contributed by atoms with Crippen molar-refractivity contribution in [2.75, 3.05) is 4.90 Å². The van der Waals surface area contributed by atoms with Gasteiger partial charge in [0.25, 0.3) is 0 Å². The van der Waals surface area contributed by atoms with Gasteiger partial charge in [-0.2, -0.15) is 0 Å². The average molecular weight is 400 g/mol. The number of thiophene rings is 1. The molecule has 3 aliphatic rings. The highest BCUT2D eigenvalue weighted by molar-refractivity contribution is 7.12. The number of halogens is 1. The van der Waals surface area contributed by atoms with Gasteiger partial charge < -0.3 is 4.74 Å². The van der Waals surface area contributed by atoms with E-state index in [9.17, 15) is 14.4 Å². The molecule has 2 heterocycles. The fraction of sp³-hybridized carbons (Fsp3) is 0.250. The lowest BCUT2D eigenvalue weighted by Gasteiger charge is -2.20. The molecule has 0 N–H and O–H groups in total. The number of ether oxygens (including phenoxy) is 1. The Kier molecular flexibility index (Phi) is 3.74. The summed E-state index contributed by atoms with van der Waals surface area (Å²) in [5.74, 6) is -1.29. The predicted octanol–water partition coefficient (Wildman–Crippen LogP) is 3.93. The zero-order valence-corrected chi connectivity index (χ0v) is 15.6. The SMILES string of the molecule is O=C(Oc1ccc(Cl)cc1N1C(=O)[C@H]2[C@H](C1=O)[C@H]1C=C[C@H]2C1)c1cccs1. The normalized spacial score (nSPS) is 28.1. The predicted molar refractivity (Wildman–Crippen MR) is 101 cm³/mol. The van der Waals surface area contributed by atoms with Gasteiger partial charge in [-0.05, 0) is 47.9 Å². The summed E-state index contributed by atoms with van der Waals surface area (Å²) in [6.45, 7) is 0. The van der Waals surface area contributed by atoms with Crippen molar-refractivity contribution >= 4 is 46.4 Å². The van der Waals surface area contributed by atoms with Crippen LogP contribution < -0.4 is 9.64 Å². The molecule has 2 fully saturated rings. The first kappa shape index (κ1) is 16.7. The summed E-state index contributed by atoms with van der Waals surface area (Å²) in [6.07, 6.45) is 4.93. The molecule has 2 aliphatic carbocycles. The zero-order valence-electron chi connectivity index (χ0n) is 14.0. The molecule has 1 aliphatic heterocycles. The highest BCUT2D eigenvalue weighted by Crippen LogP contribution is 2.54. The van der Waals surface area contributed by atoms with E-state index in [1.54, 1.807) is 23.6 Å². The van der Waals surface area contributed by atoms with E-state index in [4.69, 9.17) is 16.3 Å². The maximum Gasteiger partial charge on any atom is 0.353 e. The maximum atomic E-state index is 13.1. The van der Waals surface area contributed by atoms with Crippen molar-refractivity contribution < 1.29 is 19.1 Å². The van der Waals surface area contributed by atoms with Gasteiger partial charge in [0, 0.05) is 5.02 Å². The van der Waals surface area contributed by atoms with Crippen molar-refractivity contribution in [2.45, 2.75) is 6.42 Å². The molecule has 2 bridgehead atoms. The second kappa shape index (κ2) is 6.04. The second-order valence-electron chi connectivity index (χ2n) is 6.99. The highest BCUT2D eigenvalue weighted by atomic mass is 35.5. The largest absolute Gasteiger partial charge is 0.420 e. The number of imide groups is 1. The van der Waals surface area contributed by atoms with Gasteiger partial charge in [-0.15, -0.1) is 11.3 Å². The Hall–Kier alpha value is -2.44. The van der Waals surface area contributed by atoms with Crippen molar-refractivity contribution in [3.8, 4) is 5.75 Å². The summed E-state index contributed by atoms with van der Waals surface area (Å²) in [7, 11) is 0. The summed E-state index contributed by atoms with van der Waals surface area (Å²) in [5, 5.41) is 2.14. The summed E-state index contributed by atoms with van der Waals surface area (Å²) in [6, 6.07) is 8.00. The van der Waals surface area contributed by atoms with Crippen LogP contribution in [-0.2, 0) is 9.59 Å². The molecule has 5 nitrogen and oxygen atoms in total. The number of rotatable bonds is 3. The Morgan fingerprint density at radius 3 is 2.44 bits per heavy atom. The Balaban J connectivity index is 1.52. The molecule has 1 saturated heterocycles. The fourth-order valence-corrected chi connectivity index (χ4v) is 5.20. The number of allylic oxidation sites excluding steroid dienone is 2. The standard InChI is InChI=1S/C20H14ClNO4S/c21-12-5-6-14(26-20(25)15-2-1-7-27-15)13(9-12)22-18(23)16-10-3-4-11(8-10)17(16)19(22)24/h1-7,9-11,16-17H,8H2/t10-,11-,16+,17+/m0/s1. The number of hydrogen-bond acceptors (Lipinski definition) is 5. The van der Waals surface area contributed by atoms with Crippen LogP contribution >= 0.6 is 22.9 Å². The number of anilines is 1. The Bertz CT molecular complexity index is 969. The maximum absolute atomic E-state index is 13.1. The second-order valence-corrected chi connectivity index (χ2v) is 8.37. The summed E-state index contributed by atoms with van der Waals surface area (Å²) >= 11 is 7.38. The van der Waals surface area contributed by atoms with Crippen molar-refractivity contribution in [3.05, 3.63) is 57.8 Å². The van der Waals surface area contributed by atoms with Gasteiger partial charge in [0.1, 0.15) is 4.88 Å². The van der Waals surface area contributed by atoms with Crippen molar-refractivity contribution in [3.63, 3.8) is 0 Å². The van der Waals surface area contributed by atoms with Gasteiger partial charge in [0.05, 0.1) is 17.5 Å². The minimum atomic E-state index is -0.533. The average Bonchev–Trinajstić information content (AvgIpc) is 3.42. The van der Waals surface area contributed by atoms with E-state index in [0.717, 1.165) is 11.3 Å². The number of hydrogen-bond donors (Lipinski definition) is 0. The van der Waals surface area contributed by atoms with E-state index in [0.29, 0.717) is 9.90 Å². The Morgan fingerprint density at radius 1 is 1.11 bits per heavy atom. The highest BCUT2D eigenvalue weighted by Gasteiger charge is 2.60. The topological polar surface area (TPSA) is 63.7 Å². The molecule has 1 aromatic carbocycles. The minimum Gasteiger partial charge on any atom is -0.420 e. The van der Waals surface area contributed by atoms with Crippen molar-refractivity contribution in [1.29, 1.82) is 0 Å². The van der Waals surface area contributed by atoms with E-state index < -0.39 is 5.97 Å². The first-order chi connectivity index (χ1) is 13.0. The molecule has 7 heteroatoms. The zero-order chi connectivity index (χ0) is 18.7. The van der Waals surface area contributed by atoms with Crippen LogP contribution in [0.1, 0.15) is 16.1 Å². The molecule has 136 valence electrons. The lowest BCUT2D eigenvalue weighted by molar-refractivity contribution is -0.123. The van der Waals surface area contributed by atoms with E-state index in [2.05, 4.69) is 0 Å². The van der Waals surface area contributed by atoms with E-state index in [1.165, 1.54) is 23.5 Å². The number of carbonyl (C=O) groups excluding carboxylic acids is 3. The molecule has 1 saturated carbocycles. The number of fused-ring (bicyclic) bond motifs is 5. The van der Waals surface area contributed by atoms with Crippen LogP contribution in [0.4, 0.5) is 5.69 Å². The molecule has 2 aromatic rings. The Labute approximate surface area is 164 Å². The third-order valence-corrected chi connectivity index (χ3v) is 6.64. The van der Waals surface area contributed by atoms with E-state index in [1.807, 2.05) is 12.2 Å².